The molecule has 0 bridgehead atoms. The maximum atomic E-state index is 10.7. The Bertz CT molecular complexity index is 354. The van der Waals surface area contributed by atoms with Crippen LogP contribution in [-0.4, -0.2) is 25.1 Å². The van der Waals surface area contributed by atoms with E-state index in [4.69, 9.17) is 10.5 Å². The van der Waals surface area contributed by atoms with Gasteiger partial charge in [0.2, 0.25) is 0 Å². The third kappa shape index (κ3) is 2.57. The van der Waals surface area contributed by atoms with Crippen LogP contribution in [0.5, 0.6) is 5.75 Å². The molecule has 0 aliphatic rings. The standard InChI is InChI=1S/C9H13N3O3/c1-11-9-7(12(13)14)3-2-4-8(9)15-6-5-10/h2-4,11H,5-6,10H2,1H3. The Morgan fingerprint density at radius 2 is 2.33 bits per heavy atom. The highest BCUT2D eigenvalue weighted by Gasteiger charge is 2.16. The molecule has 0 amide bonds. The van der Waals surface area contributed by atoms with Crippen LogP contribution in [0.25, 0.3) is 0 Å². The van der Waals surface area contributed by atoms with Crippen LogP contribution in [0.1, 0.15) is 0 Å². The van der Waals surface area contributed by atoms with Crippen molar-refractivity contribution in [2.75, 3.05) is 25.5 Å². The van der Waals surface area contributed by atoms with Gasteiger partial charge >= 0.3 is 0 Å². The van der Waals surface area contributed by atoms with Crippen LogP contribution >= 0.6 is 0 Å². The van der Waals surface area contributed by atoms with E-state index in [-0.39, 0.29) is 5.69 Å². The van der Waals surface area contributed by atoms with Crippen molar-refractivity contribution in [3.05, 3.63) is 28.3 Å². The predicted molar refractivity (Wildman–Crippen MR) is 57.2 cm³/mol. The van der Waals surface area contributed by atoms with Gasteiger partial charge in [0.25, 0.3) is 5.69 Å². The summed E-state index contributed by atoms with van der Waals surface area (Å²) in [5, 5.41) is 13.4. The molecule has 0 heterocycles. The van der Waals surface area contributed by atoms with E-state index in [1.54, 1.807) is 19.2 Å². The Hall–Kier alpha value is -1.82. The SMILES string of the molecule is CNc1c(OCCN)cccc1[N+](=O)[O-]. The number of anilines is 1. The highest BCUT2D eigenvalue weighted by Crippen LogP contribution is 2.33. The van der Waals surface area contributed by atoms with Crippen LogP contribution in [0.2, 0.25) is 0 Å². The van der Waals surface area contributed by atoms with Gasteiger partial charge in [-0.1, -0.05) is 6.07 Å². The molecule has 1 aromatic carbocycles. The fraction of sp³-hybridized carbons (Fsp3) is 0.333. The zero-order chi connectivity index (χ0) is 11.3. The highest BCUT2D eigenvalue weighted by molar-refractivity contribution is 5.69. The third-order valence-electron chi connectivity index (χ3n) is 1.83. The molecule has 0 aromatic heterocycles. The molecule has 1 aromatic rings. The summed E-state index contributed by atoms with van der Waals surface area (Å²) in [4.78, 5) is 10.2. The minimum atomic E-state index is -0.457. The van der Waals surface area contributed by atoms with Crippen LogP contribution in [0.15, 0.2) is 18.2 Å². The molecule has 82 valence electrons. The number of hydrogen-bond donors (Lipinski definition) is 2. The molecule has 3 N–H and O–H groups in total. The smallest absolute Gasteiger partial charge is 0.296 e. The molecule has 15 heavy (non-hydrogen) atoms. The molecule has 6 nitrogen and oxygen atoms in total. The number of nitrogens with zero attached hydrogens (tertiary/aromatic N) is 1. The molecular formula is C9H13N3O3. The summed E-state index contributed by atoms with van der Waals surface area (Å²) in [5.41, 5.74) is 5.65. The summed E-state index contributed by atoms with van der Waals surface area (Å²) in [7, 11) is 1.61. The maximum absolute atomic E-state index is 10.7. The van der Waals surface area contributed by atoms with Gasteiger partial charge in [0.1, 0.15) is 12.4 Å². The summed E-state index contributed by atoms with van der Waals surface area (Å²) in [5.74, 6) is 0.442. The van der Waals surface area contributed by atoms with Gasteiger partial charge in [-0.05, 0) is 6.07 Å². The number of nitro groups is 1. The van der Waals surface area contributed by atoms with E-state index in [9.17, 15) is 10.1 Å². The zero-order valence-corrected chi connectivity index (χ0v) is 8.40. The Labute approximate surface area is 87.2 Å². The van der Waals surface area contributed by atoms with Crippen LogP contribution < -0.4 is 15.8 Å². The molecule has 0 aliphatic heterocycles. The minimum Gasteiger partial charge on any atom is -0.490 e. The molecule has 0 unspecified atom stereocenters. The van der Waals surface area contributed by atoms with Crippen molar-refractivity contribution < 1.29 is 9.66 Å². The highest BCUT2D eigenvalue weighted by atomic mass is 16.6. The number of nitrogens with one attached hydrogen (secondary N) is 1. The van der Waals surface area contributed by atoms with Crippen LogP contribution in [0, 0.1) is 10.1 Å². The van der Waals surface area contributed by atoms with E-state index >= 15 is 0 Å². The second kappa shape index (κ2) is 5.16. The molecule has 1 rings (SSSR count). The van der Waals surface area contributed by atoms with E-state index < -0.39 is 4.92 Å². The summed E-state index contributed by atoms with van der Waals surface area (Å²) in [6.07, 6.45) is 0. The number of ether oxygens (including phenoxy) is 1. The van der Waals surface area contributed by atoms with Crippen molar-refractivity contribution >= 4 is 11.4 Å². The number of para-hydroxylation sites is 1. The lowest BCUT2D eigenvalue weighted by Gasteiger charge is -2.10. The van der Waals surface area contributed by atoms with Crippen LogP contribution in [0.4, 0.5) is 11.4 Å². The molecule has 0 aliphatic carbocycles. The predicted octanol–water partition coefficient (Wildman–Crippen LogP) is 0.974. The van der Waals surface area contributed by atoms with Gasteiger partial charge in [-0.25, -0.2) is 0 Å². The van der Waals surface area contributed by atoms with E-state index in [0.29, 0.717) is 24.6 Å². The van der Waals surface area contributed by atoms with E-state index in [1.807, 2.05) is 0 Å². The van der Waals surface area contributed by atoms with Gasteiger partial charge in [0.05, 0.1) is 4.92 Å². The summed E-state index contributed by atoms with van der Waals surface area (Å²) in [6.45, 7) is 0.696. The molecule has 0 saturated heterocycles. The van der Waals surface area contributed by atoms with Crippen molar-refractivity contribution in [1.82, 2.24) is 0 Å². The fourth-order valence-electron chi connectivity index (χ4n) is 1.21. The largest absolute Gasteiger partial charge is 0.490 e. The summed E-state index contributed by atoms with van der Waals surface area (Å²) >= 11 is 0. The molecule has 6 heteroatoms. The zero-order valence-electron chi connectivity index (χ0n) is 8.40. The van der Waals surface area contributed by atoms with Crippen molar-refractivity contribution in [3.8, 4) is 5.75 Å². The van der Waals surface area contributed by atoms with E-state index in [2.05, 4.69) is 5.32 Å². The van der Waals surface area contributed by atoms with E-state index in [0.717, 1.165) is 0 Å². The first kappa shape index (κ1) is 11.3. The molecule has 0 radical (unpaired) electrons. The lowest BCUT2D eigenvalue weighted by atomic mass is 10.2. The fourth-order valence-corrected chi connectivity index (χ4v) is 1.21. The number of benzene rings is 1. The Balaban J connectivity index is 3.04. The number of rotatable bonds is 5. The Kier molecular flexibility index (Phi) is 3.87. The van der Waals surface area contributed by atoms with Crippen molar-refractivity contribution in [2.45, 2.75) is 0 Å². The molecular weight excluding hydrogens is 198 g/mol. The van der Waals surface area contributed by atoms with Crippen molar-refractivity contribution in [1.29, 1.82) is 0 Å². The Morgan fingerprint density at radius 1 is 1.60 bits per heavy atom. The first-order valence-corrected chi connectivity index (χ1v) is 4.48. The van der Waals surface area contributed by atoms with Gasteiger partial charge in [-0.15, -0.1) is 0 Å². The van der Waals surface area contributed by atoms with Gasteiger partial charge in [-0.2, -0.15) is 0 Å². The number of hydrogen-bond acceptors (Lipinski definition) is 5. The first-order valence-electron chi connectivity index (χ1n) is 4.48. The second-order valence-corrected chi connectivity index (χ2v) is 2.79. The topological polar surface area (TPSA) is 90.4 Å². The molecule has 0 saturated carbocycles. The van der Waals surface area contributed by atoms with Crippen LogP contribution in [-0.2, 0) is 0 Å². The van der Waals surface area contributed by atoms with Crippen molar-refractivity contribution in [3.63, 3.8) is 0 Å². The molecule has 0 spiro atoms. The lowest BCUT2D eigenvalue weighted by molar-refractivity contribution is -0.384. The van der Waals surface area contributed by atoms with Gasteiger partial charge in [0.15, 0.2) is 5.69 Å². The normalized spacial score (nSPS) is 9.73. The quantitative estimate of drug-likeness (QED) is 0.559. The van der Waals surface area contributed by atoms with Gasteiger partial charge < -0.3 is 15.8 Å². The maximum Gasteiger partial charge on any atom is 0.296 e. The first-order chi connectivity index (χ1) is 7.20. The second-order valence-electron chi connectivity index (χ2n) is 2.79. The minimum absolute atomic E-state index is 0.00739. The average molecular weight is 211 g/mol. The molecule has 0 atom stereocenters. The van der Waals surface area contributed by atoms with Gasteiger partial charge in [0, 0.05) is 19.7 Å². The van der Waals surface area contributed by atoms with Crippen LogP contribution in [0.3, 0.4) is 0 Å². The van der Waals surface area contributed by atoms with Crippen molar-refractivity contribution in [2.24, 2.45) is 5.73 Å². The third-order valence-corrected chi connectivity index (χ3v) is 1.83. The van der Waals surface area contributed by atoms with Gasteiger partial charge in [-0.3, -0.25) is 10.1 Å². The summed E-state index contributed by atoms with van der Waals surface area (Å²) < 4.78 is 5.28. The molecule has 0 fully saturated rings. The van der Waals surface area contributed by atoms with E-state index in [1.165, 1.54) is 6.07 Å². The summed E-state index contributed by atoms with van der Waals surface area (Å²) in [6, 6.07) is 4.65. The Morgan fingerprint density at radius 3 is 2.87 bits per heavy atom. The number of nitrogens with two attached hydrogens (primary N) is 1. The average Bonchev–Trinajstić information content (AvgIpc) is 2.25. The lowest BCUT2D eigenvalue weighted by Crippen LogP contribution is -2.11. The number of nitro benzene ring substituents is 1. The monoisotopic (exact) mass is 211 g/mol.